The molecule has 3 aromatic rings. The zero-order chi connectivity index (χ0) is 18.5. The van der Waals surface area contributed by atoms with Crippen molar-refractivity contribution >= 4 is 17.2 Å². The first-order valence-electron chi connectivity index (χ1n) is 8.94. The summed E-state index contributed by atoms with van der Waals surface area (Å²) in [7, 11) is 0. The number of pyridine rings is 1. The van der Waals surface area contributed by atoms with E-state index in [-0.39, 0.29) is 12.0 Å². The Balaban J connectivity index is 1.52. The molecule has 0 spiro atoms. The monoisotopic (exact) mass is 380 g/mol. The minimum atomic E-state index is -0.0713. The number of ether oxygens (including phenoxy) is 1. The van der Waals surface area contributed by atoms with Gasteiger partial charge >= 0.3 is 0 Å². The highest BCUT2D eigenvalue weighted by molar-refractivity contribution is 7.07. The summed E-state index contributed by atoms with van der Waals surface area (Å²) in [5.41, 5.74) is 2.49. The molecule has 7 heteroatoms. The third-order valence-corrected chi connectivity index (χ3v) is 5.26. The van der Waals surface area contributed by atoms with Gasteiger partial charge in [-0.3, -0.25) is 9.78 Å². The number of thiophene rings is 1. The maximum absolute atomic E-state index is 13.1. The van der Waals surface area contributed by atoms with Crippen LogP contribution in [0.5, 0.6) is 0 Å². The molecule has 0 aromatic carbocycles. The molecule has 4 rings (SSSR count). The van der Waals surface area contributed by atoms with E-state index in [0.717, 1.165) is 30.6 Å². The van der Waals surface area contributed by atoms with Crippen molar-refractivity contribution in [2.45, 2.75) is 25.5 Å². The zero-order valence-electron chi connectivity index (χ0n) is 14.8. The van der Waals surface area contributed by atoms with Crippen molar-refractivity contribution in [3.05, 3.63) is 64.9 Å². The highest BCUT2D eigenvalue weighted by Crippen LogP contribution is 2.19. The lowest BCUT2D eigenvalue weighted by Crippen LogP contribution is -2.37. The van der Waals surface area contributed by atoms with Crippen molar-refractivity contribution in [3.8, 4) is 11.4 Å². The third-order valence-electron chi connectivity index (χ3n) is 4.53. The van der Waals surface area contributed by atoms with E-state index in [1.54, 1.807) is 36.1 Å². The summed E-state index contributed by atoms with van der Waals surface area (Å²) in [5.74, 6) is 0.510. The fourth-order valence-corrected chi connectivity index (χ4v) is 3.79. The molecule has 1 atom stereocenters. The van der Waals surface area contributed by atoms with Crippen LogP contribution in [-0.2, 0) is 11.3 Å². The molecule has 0 bridgehead atoms. The molecule has 6 nitrogen and oxygen atoms in total. The maximum atomic E-state index is 13.1. The van der Waals surface area contributed by atoms with E-state index < -0.39 is 0 Å². The van der Waals surface area contributed by atoms with Crippen LogP contribution in [0.25, 0.3) is 11.4 Å². The second-order valence-corrected chi connectivity index (χ2v) is 7.26. The van der Waals surface area contributed by atoms with Crippen LogP contribution in [-0.4, -0.2) is 45.0 Å². The number of rotatable bonds is 6. The third kappa shape index (κ3) is 4.37. The van der Waals surface area contributed by atoms with Gasteiger partial charge in [-0.15, -0.1) is 0 Å². The van der Waals surface area contributed by atoms with Crippen molar-refractivity contribution in [1.82, 2.24) is 19.9 Å². The Labute approximate surface area is 161 Å². The van der Waals surface area contributed by atoms with Gasteiger partial charge < -0.3 is 9.64 Å². The molecular formula is C20H20N4O2S. The second-order valence-electron chi connectivity index (χ2n) is 6.48. The molecule has 138 valence electrons. The van der Waals surface area contributed by atoms with E-state index in [1.165, 1.54) is 0 Å². The van der Waals surface area contributed by atoms with Crippen LogP contribution in [0.2, 0.25) is 0 Å². The quantitative estimate of drug-likeness (QED) is 0.655. The predicted molar refractivity (Wildman–Crippen MR) is 103 cm³/mol. The van der Waals surface area contributed by atoms with Crippen LogP contribution in [0.4, 0.5) is 0 Å². The molecule has 0 radical (unpaired) electrons. The van der Waals surface area contributed by atoms with Crippen LogP contribution < -0.4 is 0 Å². The van der Waals surface area contributed by atoms with E-state index in [9.17, 15) is 4.79 Å². The predicted octanol–water partition coefficient (Wildman–Crippen LogP) is 3.42. The molecule has 0 N–H and O–H groups in total. The molecule has 1 fully saturated rings. The molecule has 1 saturated heterocycles. The number of nitrogens with zero attached hydrogens (tertiary/aromatic N) is 4. The van der Waals surface area contributed by atoms with E-state index in [0.29, 0.717) is 24.5 Å². The first-order chi connectivity index (χ1) is 13.3. The van der Waals surface area contributed by atoms with Gasteiger partial charge in [0.1, 0.15) is 0 Å². The van der Waals surface area contributed by atoms with Crippen molar-refractivity contribution < 1.29 is 9.53 Å². The highest BCUT2D eigenvalue weighted by Gasteiger charge is 2.24. The molecular weight excluding hydrogens is 360 g/mol. The lowest BCUT2D eigenvalue weighted by Gasteiger charge is -2.25. The summed E-state index contributed by atoms with van der Waals surface area (Å²) in [4.78, 5) is 27.7. The molecule has 3 aromatic heterocycles. The topological polar surface area (TPSA) is 68.2 Å². The molecule has 0 saturated carbocycles. The summed E-state index contributed by atoms with van der Waals surface area (Å²) in [6, 6.07) is 5.73. The van der Waals surface area contributed by atoms with E-state index in [1.807, 2.05) is 28.5 Å². The lowest BCUT2D eigenvalue weighted by atomic mass is 10.2. The Hall–Kier alpha value is -2.64. The summed E-state index contributed by atoms with van der Waals surface area (Å²) in [5, 5.41) is 4.09. The van der Waals surface area contributed by atoms with Crippen LogP contribution in [0, 0.1) is 0 Å². The Morgan fingerprint density at radius 2 is 2.04 bits per heavy atom. The molecule has 4 heterocycles. The van der Waals surface area contributed by atoms with E-state index in [2.05, 4.69) is 20.3 Å². The Kier molecular flexibility index (Phi) is 5.50. The van der Waals surface area contributed by atoms with Crippen LogP contribution in [0.3, 0.4) is 0 Å². The van der Waals surface area contributed by atoms with Crippen molar-refractivity contribution in [3.63, 3.8) is 0 Å². The van der Waals surface area contributed by atoms with Gasteiger partial charge in [-0.1, -0.05) is 0 Å². The van der Waals surface area contributed by atoms with Crippen LogP contribution in [0.1, 0.15) is 28.8 Å². The molecule has 1 aliphatic rings. The fraction of sp³-hybridized carbons (Fsp3) is 0.300. The van der Waals surface area contributed by atoms with Crippen LogP contribution in [0.15, 0.2) is 53.7 Å². The van der Waals surface area contributed by atoms with E-state index in [4.69, 9.17) is 4.74 Å². The maximum Gasteiger partial charge on any atom is 0.257 e. The Morgan fingerprint density at radius 1 is 1.22 bits per heavy atom. The van der Waals surface area contributed by atoms with E-state index >= 15 is 0 Å². The minimum Gasteiger partial charge on any atom is -0.376 e. The second kappa shape index (κ2) is 8.37. The highest BCUT2D eigenvalue weighted by atomic mass is 32.1. The largest absolute Gasteiger partial charge is 0.376 e. The van der Waals surface area contributed by atoms with Gasteiger partial charge in [0.25, 0.3) is 5.91 Å². The van der Waals surface area contributed by atoms with Gasteiger partial charge in [0, 0.05) is 50.0 Å². The van der Waals surface area contributed by atoms with Crippen molar-refractivity contribution in [2.75, 3.05) is 13.2 Å². The zero-order valence-corrected chi connectivity index (χ0v) is 15.6. The molecule has 27 heavy (non-hydrogen) atoms. The molecule has 1 aliphatic heterocycles. The first kappa shape index (κ1) is 17.8. The standard InChI is InChI=1S/C20H20N4O2S/c25-20(17-10-22-19(23-11-17)16-3-6-21-7-4-16)24(12-15-5-9-27-14-15)13-18-2-1-8-26-18/h3-7,9-11,14,18H,1-2,8,12-13H2. The molecule has 1 amide bonds. The fourth-order valence-electron chi connectivity index (χ4n) is 3.13. The summed E-state index contributed by atoms with van der Waals surface area (Å²) >= 11 is 1.63. The Bertz CT molecular complexity index is 863. The smallest absolute Gasteiger partial charge is 0.257 e. The number of carbonyl (C=O) groups excluding carboxylic acids is 1. The van der Waals surface area contributed by atoms with Gasteiger partial charge in [0.2, 0.25) is 0 Å². The summed E-state index contributed by atoms with van der Waals surface area (Å²) in [6.45, 7) is 1.92. The Morgan fingerprint density at radius 3 is 2.70 bits per heavy atom. The average molecular weight is 380 g/mol. The number of amides is 1. The van der Waals surface area contributed by atoms with Gasteiger partial charge in [0.05, 0.1) is 11.7 Å². The molecule has 0 aliphatic carbocycles. The van der Waals surface area contributed by atoms with Gasteiger partial charge in [-0.05, 0) is 47.4 Å². The van der Waals surface area contributed by atoms with Gasteiger partial charge in [-0.25, -0.2) is 9.97 Å². The van der Waals surface area contributed by atoms with Crippen molar-refractivity contribution in [1.29, 1.82) is 0 Å². The van der Waals surface area contributed by atoms with Crippen molar-refractivity contribution in [2.24, 2.45) is 0 Å². The number of carbonyl (C=O) groups is 1. The van der Waals surface area contributed by atoms with Gasteiger partial charge in [0.15, 0.2) is 5.82 Å². The number of hydrogen-bond acceptors (Lipinski definition) is 6. The van der Waals surface area contributed by atoms with Gasteiger partial charge in [-0.2, -0.15) is 11.3 Å². The average Bonchev–Trinajstić information content (AvgIpc) is 3.42. The number of aromatic nitrogens is 3. The molecule has 1 unspecified atom stereocenters. The number of hydrogen-bond donors (Lipinski definition) is 0. The lowest BCUT2D eigenvalue weighted by molar-refractivity contribution is 0.0507. The SMILES string of the molecule is O=C(c1cnc(-c2ccncc2)nc1)N(Cc1ccsc1)CC1CCCO1. The summed E-state index contributed by atoms with van der Waals surface area (Å²) < 4.78 is 5.74. The first-order valence-corrected chi connectivity index (χ1v) is 9.88. The minimum absolute atomic E-state index is 0.0713. The summed E-state index contributed by atoms with van der Waals surface area (Å²) in [6.07, 6.45) is 8.73. The normalized spacial score (nSPS) is 16.4. The van der Waals surface area contributed by atoms with Crippen LogP contribution >= 0.6 is 11.3 Å².